The van der Waals surface area contributed by atoms with Gasteiger partial charge in [0.25, 0.3) is 0 Å². The number of aromatic nitrogens is 1. The molecule has 0 radical (unpaired) electrons. The first-order valence-electron chi connectivity index (χ1n) is 10.4. The summed E-state index contributed by atoms with van der Waals surface area (Å²) in [6, 6.07) is 6.66. The normalized spacial score (nSPS) is 22.2. The number of hydrogen-bond donors (Lipinski definition) is 1. The van der Waals surface area contributed by atoms with E-state index < -0.39 is 0 Å². The first-order chi connectivity index (χ1) is 12.7. The van der Waals surface area contributed by atoms with E-state index >= 15 is 0 Å². The molecule has 0 amide bonds. The van der Waals surface area contributed by atoms with Gasteiger partial charge in [0.15, 0.2) is 0 Å². The maximum absolute atomic E-state index is 9.77. The average Bonchev–Trinajstić information content (AvgIpc) is 3.56. The SMILES string of the molecule is OC1CCN(Cc2cn(CC3CC3)c3ccc(OCC4CC4)cc23)CC1. The molecule has 0 atom stereocenters. The van der Waals surface area contributed by atoms with Crippen LogP contribution in [0.5, 0.6) is 5.75 Å². The number of rotatable bonds is 7. The van der Waals surface area contributed by atoms with Gasteiger partial charge in [-0.25, -0.2) is 0 Å². The van der Waals surface area contributed by atoms with Gasteiger partial charge in [0.1, 0.15) is 5.75 Å². The van der Waals surface area contributed by atoms with Crippen molar-refractivity contribution in [3.8, 4) is 5.75 Å². The van der Waals surface area contributed by atoms with Crippen LogP contribution in [0.2, 0.25) is 0 Å². The Balaban J connectivity index is 1.40. The van der Waals surface area contributed by atoms with Crippen LogP contribution >= 0.6 is 0 Å². The van der Waals surface area contributed by atoms with Crippen molar-refractivity contribution in [3.63, 3.8) is 0 Å². The number of fused-ring (bicyclic) bond motifs is 1. The Labute approximate surface area is 155 Å². The summed E-state index contributed by atoms with van der Waals surface area (Å²) in [6.45, 7) is 4.99. The van der Waals surface area contributed by atoms with E-state index in [-0.39, 0.29) is 6.10 Å². The minimum absolute atomic E-state index is 0.107. The molecule has 1 aromatic carbocycles. The molecule has 2 saturated carbocycles. The van der Waals surface area contributed by atoms with E-state index in [4.69, 9.17) is 4.74 Å². The lowest BCUT2D eigenvalue weighted by molar-refractivity contribution is 0.0794. The molecule has 0 unspecified atom stereocenters. The van der Waals surface area contributed by atoms with Crippen molar-refractivity contribution in [2.45, 2.75) is 57.7 Å². The minimum atomic E-state index is -0.107. The van der Waals surface area contributed by atoms with E-state index in [9.17, 15) is 5.11 Å². The van der Waals surface area contributed by atoms with E-state index in [0.717, 1.165) is 63.2 Å². The van der Waals surface area contributed by atoms with E-state index in [0.29, 0.717) is 0 Å². The maximum atomic E-state index is 9.77. The number of likely N-dealkylation sites (tertiary alicyclic amines) is 1. The van der Waals surface area contributed by atoms with Crippen LogP contribution in [-0.2, 0) is 13.1 Å². The van der Waals surface area contributed by atoms with Crippen LogP contribution in [0, 0.1) is 11.8 Å². The standard InChI is InChI=1S/C22H30N2O2/c25-19-7-9-23(10-8-19)13-18-14-24(12-16-1-2-16)22-6-5-20(11-21(18)22)26-15-17-3-4-17/h5-6,11,14,16-17,19,25H,1-4,7-10,12-13,15H2. The van der Waals surface area contributed by atoms with Crippen LogP contribution in [0.15, 0.2) is 24.4 Å². The Kier molecular flexibility index (Phi) is 4.41. The fraction of sp³-hybridized carbons (Fsp3) is 0.636. The lowest BCUT2D eigenvalue weighted by Crippen LogP contribution is -2.35. The van der Waals surface area contributed by atoms with Crippen LogP contribution in [0.1, 0.15) is 44.1 Å². The Bertz CT molecular complexity index is 768. The number of benzene rings is 1. The van der Waals surface area contributed by atoms with Gasteiger partial charge in [0, 0.05) is 43.3 Å². The zero-order chi connectivity index (χ0) is 17.5. The number of piperidine rings is 1. The second kappa shape index (κ2) is 6.90. The van der Waals surface area contributed by atoms with Crippen molar-refractivity contribution in [2.75, 3.05) is 19.7 Å². The molecule has 26 heavy (non-hydrogen) atoms. The number of aliphatic hydroxyl groups is 1. The Morgan fingerprint density at radius 1 is 1.00 bits per heavy atom. The summed E-state index contributed by atoms with van der Waals surface area (Å²) in [7, 11) is 0. The summed E-state index contributed by atoms with van der Waals surface area (Å²) < 4.78 is 8.51. The van der Waals surface area contributed by atoms with Crippen molar-refractivity contribution in [1.29, 1.82) is 0 Å². The monoisotopic (exact) mass is 354 g/mol. The molecule has 5 rings (SSSR count). The summed E-state index contributed by atoms with van der Waals surface area (Å²) in [5.74, 6) is 2.67. The highest BCUT2D eigenvalue weighted by Gasteiger charge is 2.25. The number of nitrogens with zero attached hydrogens (tertiary/aromatic N) is 2. The van der Waals surface area contributed by atoms with Gasteiger partial charge in [-0.05, 0) is 74.1 Å². The van der Waals surface area contributed by atoms with E-state index in [1.165, 1.54) is 42.1 Å². The summed E-state index contributed by atoms with van der Waals surface area (Å²) in [5, 5.41) is 11.1. The van der Waals surface area contributed by atoms with Crippen LogP contribution < -0.4 is 4.74 Å². The predicted octanol–water partition coefficient (Wildman–Crippen LogP) is 3.80. The fourth-order valence-corrected chi connectivity index (χ4v) is 4.11. The zero-order valence-electron chi connectivity index (χ0n) is 15.6. The number of ether oxygens (including phenoxy) is 1. The van der Waals surface area contributed by atoms with E-state index in [1.54, 1.807) is 0 Å². The Morgan fingerprint density at radius 2 is 1.77 bits per heavy atom. The second-order valence-corrected chi connectivity index (χ2v) is 8.69. The van der Waals surface area contributed by atoms with Crippen LogP contribution in [0.3, 0.4) is 0 Å². The Hall–Kier alpha value is -1.52. The molecule has 3 fully saturated rings. The minimum Gasteiger partial charge on any atom is -0.493 e. The van der Waals surface area contributed by atoms with Crippen LogP contribution in [0.25, 0.3) is 10.9 Å². The third kappa shape index (κ3) is 3.77. The molecular formula is C22H30N2O2. The molecular weight excluding hydrogens is 324 g/mol. The molecule has 0 bridgehead atoms. The summed E-state index contributed by atoms with van der Waals surface area (Å²) in [4.78, 5) is 2.49. The van der Waals surface area contributed by atoms with E-state index in [2.05, 4.69) is 33.9 Å². The highest BCUT2D eigenvalue weighted by atomic mass is 16.5. The second-order valence-electron chi connectivity index (χ2n) is 8.69. The molecule has 0 spiro atoms. The van der Waals surface area contributed by atoms with Crippen LogP contribution in [0.4, 0.5) is 0 Å². The van der Waals surface area contributed by atoms with Crippen molar-refractivity contribution < 1.29 is 9.84 Å². The molecule has 2 heterocycles. The smallest absolute Gasteiger partial charge is 0.120 e. The van der Waals surface area contributed by atoms with Gasteiger partial charge in [-0.15, -0.1) is 0 Å². The van der Waals surface area contributed by atoms with Gasteiger partial charge in [-0.1, -0.05) is 0 Å². The molecule has 1 aliphatic heterocycles. The highest BCUT2D eigenvalue weighted by Crippen LogP contribution is 2.35. The maximum Gasteiger partial charge on any atom is 0.120 e. The van der Waals surface area contributed by atoms with Crippen molar-refractivity contribution in [2.24, 2.45) is 11.8 Å². The van der Waals surface area contributed by atoms with Gasteiger partial charge in [-0.3, -0.25) is 4.90 Å². The highest BCUT2D eigenvalue weighted by molar-refractivity contribution is 5.85. The first kappa shape index (κ1) is 16.6. The molecule has 4 nitrogen and oxygen atoms in total. The van der Waals surface area contributed by atoms with Gasteiger partial charge in [-0.2, -0.15) is 0 Å². The molecule has 1 saturated heterocycles. The first-order valence-corrected chi connectivity index (χ1v) is 10.4. The number of hydrogen-bond acceptors (Lipinski definition) is 3. The summed E-state index contributed by atoms with van der Waals surface area (Å²) >= 11 is 0. The van der Waals surface area contributed by atoms with E-state index in [1.807, 2.05) is 0 Å². The molecule has 2 aromatic rings. The summed E-state index contributed by atoms with van der Waals surface area (Å²) in [6.07, 6.45) is 9.47. The zero-order valence-corrected chi connectivity index (χ0v) is 15.6. The molecule has 1 N–H and O–H groups in total. The molecule has 3 aliphatic rings. The number of aliphatic hydroxyl groups excluding tert-OH is 1. The van der Waals surface area contributed by atoms with Crippen molar-refractivity contribution in [3.05, 3.63) is 30.0 Å². The van der Waals surface area contributed by atoms with Gasteiger partial charge in [0.05, 0.1) is 12.7 Å². The lowest BCUT2D eigenvalue weighted by atomic mass is 10.1. The van der Waals surface area contributed by atoms with Gasteiger partial charge in [0.2, 0.25) is 0 Å². The topological polar surface area (TPSA) is 37.6 Å². The third-order valence-electron chi connectivity index (χ3n) is 6.22. The van der Waals surface area contributed by atoms with Gasteiger partial charge < -0.3 is 14.4 Å². The molecule has 140 valence electrons. The predicted molar refractivity (Wildman–Crippen MR) is 103 cm³/mol. The van der Waals surface area contributed by atoms with Gasteiger partial charge >= 0.3 is 0 Å². The van der Waals surface area contributed by atoms with Crippen LogP contribution in [-0.4, -0.2) is 40.4 Å². The van der Waals surface area contributed by atoms with Crippen molar-refractivity contribution >= 4 is 10.9 Å². The third-order valence-corrected chi connectivity index (χ3v) is 6.22. The largest absolute Gasteiger partial charge is 0.493 e. The Morgan fingerprint density at radius 3 is 2.50 bits per heavy atom. The molecule has 4 heteroatoms. The molecule has 2 aliphatic carbocycles. The van der Waals surface area contributed by atoms with Crippen molar-refractivity contribution in [1.82, 2.24) is 9.47 Å². The lowest BCUT2D eigenvalue weighted by Gasteiger charge is -2.29. The molecule has 1 aromatic heterocycles. The summed E-state index contributed by atoms with van der Waals surface area (Å²) in [5.41, 5.74) is 2.76. The quantitative estimate of drug-likeness (QED) is 0.822. The average molecular weight is 354 g/mol. The fourth-order valence-electron chi connectivity index (χ4n) is 4.11.